The van der Waals surface area contributed by atoms with Crippen molar-refractivity contribution in [1.29, 1.82) is 0 Å². The van der Waals surface area contributed by atoms with Gasteiger partial charge in [-0.3, -0.25) is 0 Å². The van der Waals surface area contributed by atoms with Crippen LogP contribution >= 0.6 is 0 Å². The van der Waals surface area contributed by atoms with Crippen LogP contribution in [0.2, 0.25) is 0 Å². The van der Waals surface area contributed by atoms with E-state index in [2.05, 4.69) is 42.3 Å². The van der Waals surface area contributed by atoms with Crippen molar-refractivity contribution in [3.05, 3.63) is 65.4 Å². The van der Waals surface area contributed by atoms with E-state index in [-0.39, 0.29) is 5.92 Å². The third-order valence-electron chi connectivity index (χ3n) is 4.45. The molecule has 3 aromatic rings. The largest absolute Gasteiger partial charge is 0.497 e. The van der Waals surface area contributed by atoms with Gasteiger partial charge in [-0.2, -0.15) is 0 Å². The predicted octanol–water partition coefficient (Wildman–Crippen LogP) is 4.02. The maximum absolute atomic E-state index is 6.13. The fourth-order valence-corrected chi connectivity index (χ4v) is 3.37. The van der Waals surface area contributed by atoms with Crippen LogP contribution in [0.5, 0.6) is 5.75 Å². The molecule has 1 aromatic heterocycles. The summed E-state index contributed by atoms with van der Waals surface area (Å²) in [6.07, 6.45) is 0. The lowest BCUT2D eigenvalue weighted by Gasteiger charge is -2.31. The van der Waals surface area contributed by atoms with Gasteiger partial charge in [0.05, 0.1) is 13.0 Å². The maximum atomic E-state index is 6.13. The molecule has 0 spiro atoms. The SMILES string of the molecule is COc1ccc2oc(C3CN(C)Cc4ccccc43)cc2c1. The van der Waals surface area contributed by atoms with Gasteiger partial charge in [0.15, 0.2) is 0 Å². The summed E-state index contributed by atoms with van der Waals surface area (Å²) < 4.78 is 11.4. The van der Waals surface area contributed by atoms with Gasteiger partial charge in [0.1, 0.15) is 17.1 Å². The number of furan rings is 1. The number of hydrogen-bond donors (Lipinski definition) is 0. The third-order valence-corrected chi connectivity index (χ3v) is 4.45. The lowest BCUT2D eigenvalue weighted by molar-refractivity contribution is 0.282. The Morgan fingerprint density at radius 3 is 2.86 bits per heavy atom. The first-order chi connectivity index (χ1) is 10.7. The number of benzene rings is 2. The first kappa shape index (κ1) is 13.4. The lowest BCUT2D eigenvalue weighted by Crippen LogP contribution is -2.30. The summed E-state index contributed by atoms with van der Waals surface area (Å²) in [4.78, 5) is 2.35. The van der Waals surface area contributed by atoms with Crippen molar-refractivity contribution in [1.82, 2.24) is 4.90 Å². The summed E-state index contributed by atoms with van der Waals surface area (Å²) in [5.41, 5.74) is 3.69. The maximum Gasteiger partial charge on any atom is 0.134 e. The summed E-state index contributed by atoms with van der Waals surface area (Å²) >= 11 is 0. The Bertz CT molecular complexity index is 821. The fraction of sp³-hybridized carbons (Fsp3) is 0.263. The topological polar surface area (TPSA) is 25.6 Å². The van der Waals surface area contributed by atoms with Gasteiger partial charge >= 0.3 is 0 Å². The van der Waals surface area contributed by atoms with E-state index in [0.717, 1.165) is 35.6 Å². The third kappa shape index (κ3) is 2.18. The van der Waals surface area contributed by atoms with E-state index in [0.29, 0.717) is 0 Å². The van der Waals surface area contributed by atoms with Crippen LogP contribution in [-0.4, -0.2) is 25.6 Å². The molecule has 4 rings (SSSR count). The van der Waals surface area contributed by atoms with Crippen LogP contribution in [-0.2, 0) is 6.54 Å². The molecule has 0 saturated carbocycles. The van der Waals surface area contributed by atoms with Crippen LogP contribution in [0.3, 0.4) is 0 Å². The minimum Gasteiger partial charge on any atom is -0.497 e. The Hall–Kier alpha value is -2.26. The Morgan fingerprint density at radius 2 is 2.00 bits per heavy atom. The second-order valence-electron chi connectivity index (χ2n) is 6.00. The highest BCUT2D eigenvalue weighted by Gasteiger charge is 2.27. The first-order valence-electron chi connectivity index (χ1n) is 7.58. The summed E-state index contributed by atoms with van der Waals surface area (Å²) in [6.45, 7) is 1.98. The molecule has 1 atom stereocenters. The van der Waals surface area contributed by atoms with Crippen LogP contribution in [0.4, 0.5) is 0 Å². The van der Waals surface area contributed by atoms with Crippen LogP contribution in [0, 0.1) is 0 Å². The quantitative estimate of drug-likeness (QED) is 0.713. The van der Waals surface area contributed by atoms with E-state index in [4.69, 9.17) is 9.15 Å². The highest BCUT2D eigenvalue weighted by Crippen LogP contribution is 2.36. The molecule has 3 nitrogen and oxygen atoms in total. The normalized spacial score (nSPS) is 18.4. The summed E-state index contributed by atoms with van der Waals surface area (Å²) in [5, 5.41) is 1.10. The number of likely N-dealkylation sites (N-methyl/N-ethyl adjacent to an activating group) is 1. The van der Waals surface area contributed by atoms with Gasteiger partial charge in [0.2, 0.25) is 0 Å². The van der Waals surface area contributed by atoms with Gasteiger partial charge < -0.3 is 14.1 Å². The van der Waals surface area contributed by atoms with Crippen LogP contribution in [0.15, 0.2) is 52.9 Å². The molecule has 1 unspecified atom stereocenters. The molecule has 1 aliphatic heterocycles. The first-order valence-corrected chi connectivity index (χ1v) is 7.58. The second-order valence-corrected chi connectivity index (χ2v) is 6.00. The van der Waals surface area contributed by atoms with Crippen LogP contribution < -0.4 is 4.74 Å². The van der Waals surface area contributed by atoms with E-state index in [1.807, 2.05) is 18.2 Å². The van der Waals surface area contributed by atoms with Crippen molar-refractivity contribution in [2.75, 3.05) is 20.7 Å². The average Bonchev–Trinajstić information content (AvgIpc) is 2.96. The van der Waals surface area contributed by atoms with Crippen molar-refractivity contribution >= 4 is 11.0 Å². The molecule has 0 amide bonds. The molecule has 0 bridgehead atoms. The van der Waals surface area contributed by atoms with E-state index < -0.39 is 0 Å². The fourth-order valence-electron chi connectivity index (χ4n) is 3.37. The van der Waals surface area contributed by atoms with Crippen molar-refractivity contribution < 1.29 is 9.15 Å². The predicted molar refractivity (Wildman–Crippen MR) is 87.4 cm³/mol. The van der Waals surface area contributed by atoms with Gasteiger partial charge in [-0.1, -0.05) is 24.3 Å². The van der Waals surface area contributed by atoms with Crippen molar-refractivity contribution in [2.24, 2.45) is 0 Å². The molecular weight excluding hydrogens is 274 g/mol. The lowest BCUT2D eigenvalue weighted by atomic mass is 9.88. The van der Waals surface area contributed by atoms with E-state index >= 15 is 0 Å². The number of fused-ring (bicyclic) bond motifs is 2. The molecule has 1 aliphatic rings. The summed E-state index contributed by atoms with van der Waals surface area (Å²) in [7, 11) is 3.85. The number of hydrogen-bond acceptors (Lipinski definition) is 3. The van der Waals surface area contributed by atoms with Gasteiger partial charge in [-0.25, -0.2) is 0 Å². The monoisotopic (exact) mass is 293 g/mol. The van der Waals surface area contributed by atoms with Crippen LogP contribution in [0.1, 0.15) is 22.8 Å². The molecule has 0 radical (unpaired) electrons. The molecule has 0 fully saturated rings. The number of ether oxygens (including phenoxy) is 1. The molecule has 112 valence electrons. The molecular formula is C19H19NO2. The molecule has 2 heterocycles. The average molecular weight is 293 g/mol. The zero-order valence-corrected chi connectivity index (χ0v) is 12.9. The Labute approximate surface area is 130 Å². The number of methoxy groups -OCH3 is 1. The molecule has 0 saturated heterocycles. The van der Waals surface area contributed by atoms with Crippen molar-refractivity contribution in [2.45, 2.75) is 12.5 Å². The highest BCUT2D eigenvalue weighted by atomic mass is 16.5. The summed E-state index contributed by atoms with van der Waals surface area (Å²) in [6, 6.07) is 16.8. The van der Waals surface area contributed by atoms with E-state index in [9.17, 15) is 0 Å². The Morgan fingerprint density at radius 1 is 1.14 bits per heavy atom. The zero-order chi connectivity index (χ0) is 15.1. The van der Waals surface area contributed by atoms with E-state index in [1.165, 1.54) is 11.1 Å². The van der Waals surface area contributed by atoms with Gasteiger partial charge in [0.25, 0.3) is 0 Å². The Balaban J connectivity index is 1.81. The summed E-state index contributed by atoms with van der Waals surface area (Å²) in [5.74, 6) is 2.18. The highest BCUT2D eigenvalue weighted by molar-refractivity contribution is 5.80. The smallest absolute Gasteiger partial charge is 0.134 e. The molecule has 22 heavy (non-hydrogen) atoms. The Kier molecular flexibility index (Phi) is 3.16. The number of nitrogens with zero attached hydrogens (tertiary/aromatic N) is 1. The second kappa shape index (κ2) is 5.18. The minimum absolute atomic E-state index is 0.286. The van der Waals surface area contributed by atoms with Crippen LogP contribution in [0.25, 0.3) is 11.0 Å². The van der Waals surface area contributed by atoms with Gasteiger partial charge in [-0.15, -0.1) is 0 Å². The van der Waals surface area contributed by atoms with Gasteiger partial charge in [0, 0.05) is 18.5 Å². The molecule has 2 aromatic carbocycles. The van der Waals surface area contributed by atoms with Crippen molar-refractivity contribution in [3.8, 4) is 5.75 Å². The standard InChI is InChI=1S/C19H19NO2/c1-20-11-13-5-3-4-6-16(13)17(12-20)19-10-14-9-15(21-2)7-8-18(14)22-19/h3-10,17H,11-12H2,1-2H3. The van der Waals surface area contributed by atoms with Gasteiger partial charge in [-0.05, 0) is 42.4 Å². The minimum atomic E-state index is 0.286. The van der Waals surface area contributed by atoms with Crippen molar-refractivity contribution in [3.63, 3.8) is 0 Å². The molecule has 0 N–H and O–H groups in total. The number of rotatable bonds is 2. The zero-order valence-electron chi connectivity index (χ0n) is 12.9. The molecule has 0 aliphatic carbocycles. The van der Waals surface area contributed by atoms with E-state index in [1.54, 1.807) is 7.11 Å². The molecule has 3 heteroatoms.